The largest absolute Gasteiger partial charge is 0.391 e. The first-order chi connectivity index (χ1) is 8.15. The van der Waals surface area contributed by atoms with Crippen molar-refractivity contribution in [3.05, 3.63) is 53.3 Å². The van der Waals surface area contributed by atoms with E-state index in [0.29, 0.717) is 13.0 Å². The van der Waals surface area contributed by atoms with E-state index in [1.807, 2.05) is 54.9 Å². The molecule has 1 heterocycles. The molecular formula is C14H18N2O. The number of aromatic nitrogens is 2. The normalized spacial score (nSPS) is 12.6. The molecule has 3 nitrogen and oxygen atoms in total. The Morgan fingerprint density at radius 1 is 1.24 bits per heavy atom. The number of aliphatic hydroxyl groups is 1. The van der Waals surface area contributed by atoms with E-state index in [4.69, 9.17) is 0 Å². The molecule has 1 aromatic heterocycles. The first-order valence-corrected chi connectivity index (χ1v) is 5.88. The summed E-state index contributed by atoms with van der Waals surface area (Å²) in [5, 5.41) is 14.4. The lowest BCUT2D eigenvalue weighted by molar-refractivity contribution is 0.148. The van der Waals surface area contributed by atoms with Gasteiger partial charge in [-0.15, -0.1) is 0 Å². The molecule has 0 bridgehead atoms. The smallest absolute Gasteiger partial charge is 0.0776 e. The summed E-state index contributed by atoms with van der Waals surface area (Å²) >= 11 is 0. The number of aryl methyl sites for hydroxylation is 2. The highest BCUT2D eigenvalue weighted by atomic mass is 16.3. The van der Waals surface area contributed by atoms with Gasteiger partial charge in [-0.3, -0.25) is 4.68 Å². The molecule has 17 heavy (non-hydrogen) atoms. The third kappa shape index (κ3) is 3.17. The van der Waals surface area contributed by atoms with Gasteiger partial charge in [0.15, 0.2) is 0 Å². The molecule has 0 aliphatic carbocycles. The van der Waals surface area contributed by atoms with Crippen molar-refractivity contribution >= 4 is 0 Å². The van der Waals surface area contributed by atoms with Gasteiger partial charge >= 0.3 is 0 Å². The van der Waals surface area contributed by atoms with Crippen molar-refractivity contribution in [1.82, 2.24) is 9.78 Å². The number of aliphatic hydroxyl groups excluding tert-OH is 1. The van der Waals surface area contributed by atoms with Crippen molar-refractivity contribution in [2.75, 3.05) is 0 Å². The summed E-state index contributed by atoms with van der Waals surface area (Å²) in [7, 11) is 0. The third-order valence-corrected chi connectivity index (χ3v) is 2.80. The zero-order valence-electron chi connectivity index (χ0n) is 10.3. The molecule has 1 aromatic carbocycles. The maximum atomic E-state index is 10.0. The van der Waals surface area contributed by atoms with Crippen LogP contribution in [-0.2, 0) is 13.0 Å². The molecule has 1 N–H and O–H groups in total. The van der Waals surface area contributed by atoms with Crippen molar-refractivity contribution in [2.45, 2.75) is 32.9 Å². The average Bonchev–Trinajstić information content (AvgIpc) is 2.58. The van der Waals surface area contributed by atoms with E-state index in [1.165, 1.54) is 0 Å². The highest BCUT2D eigenvalue weighted by Crippen LogP contribution is 2.07. The molecule has 3 heteroatoms. The van der Waals surface area contributed by atoms with Gasteiger partial charge in [0, 0.05) is 12.1 Å². The van der Waals surface area contributed by atoms with Crippen LogP contribution in [0, 0.1) is 13.8 Å². The predicted octanol–water partition coefficient (Wildman–Crippen LogP) is 2.10. The molecule has 0 spiro atoms. The van der Waals surface area contributed by atoms with E-state index < -0.39 is 6.10 Å². The fourth-order valence-electron chi connectivity index (χ4n) is 2.01. The van der Waals surface area contributed by atoms with Crippen LogP contribution in [0.5, 0.6) is 0 Å². The second kappa shape index (κ2) is 5.15. The topological polar surface area (TPSA) is 38.0 Å². The standard InChI is InChI=1S/C14H18N2O/c1-11-8-12(2)16(15-11)10-14(17)9-13-6-4-3-5-7-13/h3-8,14,17H,9-10H2,1-2H3. The summed E-state index contributed by atoms with van der Waals surface area (Å²) in [6, 6.07) is 12.1. The van der Waals surface area contributed by atoms with Gasteiger partial charge in [0.2, 0.25) is 0 Å². The summed E-state index contributed by atoms with van der Waals surface area (Å²) < 4.78 is 1.86. The number of hydrogen-bond acceptors (Lipinski definition) is 2. The van der Waals surface area contributed by atoms with E-state index in [-0.39, 0.29) is 0 Å². The van der Waals surface area contributed by atoms with Crippen LogP contribution in [0.4, 0.5) is 0 Å². The minimum Gasteiger partial charge on any atom is -0.391 e. The first kappa shape index (κ1) is 11.9. The molecule has 2 aromatic rings. The van der Waals surface area contributed by atoms with Crippen LogP contribution in [-0.4, -0.2) is 21.0 Å². The molecule has 0 aliphatic heterocycles. The Labute approximate surface area is 102 Å². The number of nitrogens with zero attached hydrogens (tertiary/aromatic N) is 2. The van der Waals surface area contributed by atoms with E-state index in [9.17, 15) is 5.11 Å². The second-order valence-electron chi connectivity index (χ2n) is 4.45. The third-order valence-electron chi connectivity index (χ3n) is 2.80. The summed E-state index contributed by atoms with van der Waals surface area (Å²) in [5.41, 5.74) is 3.24. The van der Waals surface area contributed by atoms with Crippen LogP contribution < -0.4 is 0 Å². The minimum atomic E-state index is -0.393. The summed E-state index contributed by atoms with van der Waals surface area (Å²) in [6.45, 7) is 4.52. The van der Waals surface area contributed by atoms with Crippen LogP contribution >= 0.6 is 0 Å². The Bertz CT molecular complexity index is 476. The van der Waals surface area contributed by atoms with Crippen molar-refractivity contribution in [3.8, 4) is 0 Å². The number of rotatable bonds is 4. The summed E-state index contributed by atoms with van der Waals surface area (Å²) in [5.74, 6) is 0. The molecule has 0 radical (unpaired) electrons. The van der Waals surface area contributed by atoms with Gasteiger partial charge in [0.05, 0.1) is 18.3 Å². The van der Waals surface area contributed by atoms with Gasteiger partial charge in [-0.1, -0.05) is 30.3 Å². The Balaban J connectivity index is 1.98. The molecule has 0 saturated carbocycles. The van der Waals surface area contributed by atoms with Crippen LogP contribution in [0.2, 0.25) is 0 Å². The van der Waals surface area contributed by atoms with E-state index in [2.05, 4.69) is 5.10 Å². The lowest BCUT2D eigenvalue weighted by Crippen LogP contribution is -2.20. The molecule has 0 amide bonds. The minimum absolute atomic E-state index is 0.393. The van der Waals surface area contributed by atoms with Crippen LogP contribution in [0.3, 0.4) is 0 Å². The Morgan fingerprint density at radius 3 is 2.53 bits per heavy atom. The van der Waals surface area contributed by atoms with Gasteiger partial charge in [0.25, 0.3) is 0 Å². The van der Waals surface area contributed by atoms with Crippen LogP contribution in [0.15, 0.2) is 36.4 Å². The molecule has 0 aliphatic rings. The predicted molar refractivity (Wildman–Crippen MR) is 67.9 cm³/mol. The highest BCUT2D eigenvalue weighted by Gasteiger charge is 2.09. The monoisotopic (exact) mass is 230 g/mol. The molecule has 0 saturated heterocycles. The Morgan fingerprint density at radius 2 is 1.94 bits per heavy atom. The second-order valence-corrected chi connectivity index (χ2v) is 4.45. The van der Waals surface area contributed by atoms with Crippen molar-refractivity contribution < 1.29 is 5.11 Å². The molecule has 2 rings (SSSR count). The van der Waals surface area contributed by atoms with Gasteiger partial charge in [-0.05, 0) is 25.5 Å². The summed E-state index contributed by atoms with van der Waals surface area (Å²) in [4.78, 5) is 0. The lowest BCUT2D eigenvalue weighted by Gasteiger charge is -2.12. The van der Waals surface area contributed by atoms with Crippen molar-refractivity contribution in [3.63, 3.8) is 0 Å². The summed E-state index contributed by atoms with van der Waals surface area (Å²) in [6.07, 6.45) is 0.273. The van der Waals surface area contributed by atoms with E-state index in [1.54, 1.807) is 0 Å². The van der Waals surface area contributed by atoms with Gasteiger partial charge < -0.3 is 5.11 Å². The molecule has 1 atom stereocenters. The highest BCUT2D eigenvalue weighted by molar-refractivity contribution is 5.15. The molecule has 0 fully saturated rings. The lowest BCUT2D eigenvalue weighted by atomic mass is 10.1. The Kier molecular flexibility index (Phi) is 3.59. The average molecular weight is 230 g/mol. The number of hydrogen-bond donors (Lipinski definition) is 1. The zero-order chi connectivity index (χ0) is 12.3. The zero-order valence-corrected chi connectivity index (χ0v) is 10.3. The van der Waals surface area contributed by atoms with Crippen molar-refractivity contribution in [2.24, 2.45) is 0 Å². The maximum Gasteiger partial charge on any atom is 0.0776 e. The van der Waals surface area contributed by atoms with Crippen molar-refractivity contribution in [1.29, 1.82) is 0 Å². The maximum absolute atomic E-state index is 10.0. The van der Waals surface area contributed by atoms with E-state index >= 15 is 0 Å². The Hall–Kier alpha value is -1.61. The fourth-order valence-corrected chi connectivity index (χ4v) is 2.01. The molecule has 1 unspecified atom stereocenters. The van der Waals surface area contributed by atoms with Gasteiger partial charge in [-0.2, -0.15) is 5.10 Å². The molecule has 90 valence electrons. The first-order valence-electron chi connectivity index (χ1n) is 5.88. The van der Waals surface area contributed by atoms with E-state index in [0.717, 1.165) is 17.0 Å². The van der Waals surface area contributed by atoms with Gasteiger partial charge in [-0.25, -0.2) is 0 Å². The van der Waals surface area contributed by atoms with Crippen LogP contribution in [0.25, 0.3) is 0 Å². The quantitative estimate of drug-likeness (QED) is 0.873. The SMILES string of the molecule is Cc1cc(C)n(CC(O)Cc2ccccc2)n1. The fraction of sp³-hybridized carbons (Fsp3) is 0.357. The molecular weight excluding hydrogens is 212 g/mol. The number of benzene rings is 1. The van der Waals surface area contributed by atoms with Crippen LogP contribution in [0.1, 0.15) is 17.0 Å². The van der Waals surface area contributed by atoms with Gasteiger partial charge in [0.1, 0.15) is 0 Å².